The van der Waals surface area contributed by atoms with Crippen molar-refractivity contribution in [2.75, 3.05) is 33.4 Å². The van der Waals surface area contributed by atoms with Gasteiger partial charge in [0.05, 0.1) is 30.2 Å². The Hall–Kier alpha value is -2.94. The number of nitrogens with two attached hydrogens (primary N) is 1. The van der Waals surface area contributed by atoms with Crippen molar-refractivity contribution in [3.05, 3.63) is 64.7 Å². The number of hydrogen-bond acceptors (Lipinski definition) is 6. The van der Waals surface area contributed by atoms with E-state index in [-0.39, 0.29) is 24.1 Å². The first-order chi connectivity index (χ1) is 16.0. The van der Waals surface area contributed by atoms with Gasteiger partial charge < -0.3 is 30.6 Å². The van der Waals surface area contributed by atoms with Gasteiger partial charge in [-0.1, -0.05) is 37.3 Å². The highest BCUT2D eigenvalue weighted by molar-refractivity contribution is 6.02. The summed E-state index contributed by atoms with van der Waals surface area (Å²) in [5.74, 6) is -0.0152. The highest BCUT2D eigenvalue weighted by Gasteiger charge is 2.43. The number of carbonyl (C=O) groups is 2. The molecule has 2 amide bonds. The SMILES string of the molecule is CC[C@@]1(c2ccccc2)COc2c(C(=O)NC)cc(C(=O)NCC[C@H]3OC[C@H](N)CO3)cc21. The highest BCUT2D eigenvalue weighted by Crippen LogP contribution is 2.47. The van der Waals surface area contributed by atoms with Gasteiger partial charge in [-0.2, -0.15) is 0 Å². The smallest absolute Gasteiger partial charge is 0.254 e. The normalized spacial score (nSPS) is 24.0. The van der Waals surface area contributed by atoms with E-state index in [2.05, 4.69) is 29.7 Å². The lowest BCUT2D eigenvalue weighted by atomic mass is 9.73. The van der Waals surface area contributed by atoms with Crippen LogP contribution >= 0.6 is 0 Å². The lowest BCUT2D eigenvalue weighted by molar-refractivity contribution is -0.186. The summed E-state index contributed by atoms with van der Waals surface area (Å²) in [6.07, 6.45) is 0.893. The van der Waals surface area contributed by atoms with Gasteiger partial charge in [-0.05, 0) is 24.1 Å². The summed E-state index contributed by atoms with van der Waals surface area (Å²) in [6.45, 7) is 3.76. The van der Waals surface area contributed by atoms with Gasteiger partial charge in [-0.25, -0.2) is 0 Å². The minimum Gasteiger partial charge on any atom is -0.491 e. The highest BCUT2D eigenvalue weighted by atomic mass is 16.7. The molecule has 2 aromatic rings. The third-order valence-corrected chi connectivity index (χ3v) is 6.39. The van der Waals surface area contributed by atoms with Crippen LogP contribution in [0.1, 0.15) is 51.6 Å². The molecule has 2 aliphatic heterocycles. The fraction of sp³-hybridized carbons (Fsp3) is 0.440. The van der Waals surface area contributed by atoms with Crippen molar-refractivity contribution in [3.63, 3.8) is 0 Å². The Morgan fingerprint density at radius 1 is 1.12 bits per heavy atom. The van der Waals surface area contributed by atoms with E-state index in [1.165, 1.54) is 0 Å². The molecule has 0 aliphatic carbocycles. The van der Waals surface area contributed by atoms with E-state index >= 15 is 0 Å². The average molecular weight is 454 g/mol. The Labute approximate surface area is 193 Å². The van der Waals surface area contributed by atoms with Crippen LogP contribution in [0.5, 0.6) is 5.75 Å². The lowest BCUT2D eigenvalue weighted by Gasteiger charge is -2.28. The van der Waals surface area contributed by atoms with Crippen LogP contribution in [-0.4, -0.2) is 57.6 Å². The Morgan fingerprint density at radius 2 is 1.85 bits per heavy atom. The molecule has 4 N–H and O–H groups in total. The molecule has 33 heavy (non-hydrogen) atoms. The number of fused-ring (bicyclic) bond motifs is 1. The fourth-order valence-corrected chi connectivity index (χ4v) is 4.47. The molecule has 1 fully saturated rings. The van der Waals surface area contributed by atoms with Crippen LogP contribution in [0.15, 0.2) is 42.5 Å². The number of amides is 2. The van der Waals surface area contributed by atoms with Crippen molar-refractivity contribution < 1.29 is 23.8 Å². The van der Waals surface area contributed by atoms with E-state index in [4.69, 9.17) is 19.9 Å². The summed E-state index contributed by atoms with van der Waals surface area (Å²) < 4.78 is 17.1. The summed E-state index contributed by atoms with van der Waals surface area (Å²) in [4.78, 5) is 25.7. The molecule has 0 aromatic heterocycles. The summed E-state index contributed by atoms with van der Waals surface area (Å²) in [5, 5.41) is 5.57. The van der Waals surface area contributed by atoms with Crippen molar-refractivity contribution >= 4 is 11.8 Å². The van der Waals surface area contributed by atoms with E-state index < -0.39 is 5.41 Å². The van der Waals surface area contributed by atoms with Crippen LogP contribution in [0.2, 0.25) is 0 Å². The van der Waals surface area contributed by atoms with Crippen LogP contribution in [0.25, 0.3) is 0 Å². The lowest BCUT2D eigenvalue weighted by Crippen LogP contribution is -2.42. The minimum atomic E-state index is -0.432. The molecular weight excluding hydrogens is 422 g/mol. The number of ether oxygens (including phenoxy) is 3. The molecule has 0 unspecified atom stereocenters. The van der Waals surface area contributed by atoms with Crippen molar-refractivity contribution in [3.8, 4) is 5.75 Å². The van der Waals surface area contributed by atoms with E-state index in [1.54, 1.807) is 13.1 Å². The number of carbonyl (C=O) groups excluding carboxylic acids is 2. The molecule has 8 nitrogen and oxygen atoms in total. The molecule has 2 aliphatic rings. The molecular formula is C25H31N3O5. The first-order valence-electron chi connectivity index (χ1n) is 11.3. The van der Waals surface area contributed by atoms with Gasteiger partial charge in [0, 0.05) is 31.1 Å². The monoisotopic (exact) mass is 453 g/mol. The zero-order chi connectivity index (χ0) is 23.4. The van der Waals surface area contributed by atoms with E-state index in [0.717, 1.165) is 17.5 Å². The summed E-state index contributed by atoms with van der Waals surface area (Å²) in [7, 11) is 1.57. The molecule has 4 rings (SSSR count). The van der Waals surface area contributed by atoms with Gasteiger partial charge in [0.25, 0.3) is 11.8 Å². The zero-order valence-corrected chi connectivity index (χ0v) is 19.1. The maximum atomic E-state index is 13.1. The number of benzene rings is 2. The van der Waals surface area contributed by atoms with Crippen LogP contribution in [0.3, 0.4) is 0 Å². The quantitative estimate of drug-likeness (QED) is 0.591. The third-order valence-electron chi connectivity index (χ3n) is 6.39. The Morgan fingerprint density at radius 3 is 2.52 bits per heavy atom. The Kier molecular flexibility index (Phi) is 6.97. The Bertz CT molecular complexity index is 1000. The van der Waals surface area contributed by atoms with Crippen LogP contribution in [-0.2, 0) is 14.9 Å². The fourth-order valence-electron chi connectivity index (χ4n) is 4.47. The zero-order valence-electron chi connectivity index (χ0n) is 19.1. The molecule has 0 saturated carbocycles. The van der Waals surface area contributed by atoms with Crippen molar-refractivity contribution in [2.24, 2.45) is 5.73 Å². The number of nitrogens with one attached hydrogen (secondary N) is 2. The van der Waals surface area contributed by atoms with Gasteiger partial charge in [0.2, 0.25) is 0 Å². The van der Waals surface area contributed by atoms with E-state index in [9.17, 15) is 9.59 Å². The largest absolute Gasteiger partial charge is 0.491 e. The summed E-state index contributed by atoms with van der Waals surface area (Å²) in [6, 6.07) is 13.4. The molecule has 176 valence electrons. The molecule has 2 aromatic carbocycles. The predicted molar refractivity (Wildman–Crippen MR) is 123 cm³/mol. The second kappa shape index (κ2) is 9.91. The third kappa shape index (κ3) is 4.59. The molecule has 1 atom stereocenters. The molecule has 0 radical (unpaired) electrons. The van der Waals surface area contributed by atoms with Gasteiger partial charge >= 0.3 is 0 Å². The first kappa shape index (κ1) is 23.2. The summed E-state index contributed by atoms with van der Waals surface area (Å²) >= 11 is 0. The number of hydrogen-bond donors (Lipinski definition) is 3. The summed E-state index contributed by atoms with van der Waals surface area (Å²) in [5.41, 5.74) is 8.05. The molecule has 0 bridgehead atoms. The topological polar surface area (TPSA) is 112 Å². The van der Waals surface area contributed by atoms with Gasteiger partial charge in [0.1, 0.15) is 12.4 Å². The average Bonchev–Trinajstić information content (AvgIpc) is 3.24. The molecule has 0 spiro atoms. The van der Waals surface area contributed by atoms with Gasteiger partial charge in [0.15, 0.2) is 6.29 Å². The van der Waals surface area contributed by atoms with Gasteiger partial charge in [-0.3, -0.25) is 9.59 Å². The standard InChI is InChI=1S/C25H31N3O5/c1-3-25(17-7-5-4-6-8-17)15-33-22-19(24(30)27-2)11-16(12-20(22)25)23(29)28-10-9-21-31-13-18(26)14-32-21/h4-8,11-12,18,21H,3,9-10,13-15,26H2,1-2H3,(H,27,30)(H,28,29)/t18-,21-,25-/m0/s1. The minimum absolute atomic E-state index is 0.115. The Balaban J connectivity index is 1.60. The second-order valence-electron chi connectivity index (χ2n) is 8.47. The van der Waals surface area contributed by atoms with Crippen molar-refractivity contribution in [1.82, 2.24) is 10.6 Å². The van der Waals surface area contributed by atoms with Crippen LogP contribution in [0, 0.1) is 0 Å². The first-order valence-corrected chi connectivity index (χ1v) is 11.3. The van der Waals surface area contributed by atoms with E-state index in [0.29, 0.717) is 49.7 Å². The van der Waals surface area contributed by atoms with Crippen LogP contribution in [0.4, 0.5) is 0 Å². The molecule has 8 heteroatoms. The molecule has 1 saturated heterocycles. The number of rotatable bonds is 7. The van der Waals surface area contributed by atoms with Crippen LogP contribution < -0.4 is 21.1 Å². The maximum Gasteiger partial charge on any atom is 0.254 e. The van der Waals surface area contributed by atoms with Gasteiger partial charge in [-0.15, -0.1) is 0 Å². The van der Waals surface area contributed by atoms with Crippen molar-refractivity contribution in [2.45, 2.75) is 37.5 Å². The predicted octanol–water partition coefficient (Wildman–Crippen LogP) is 1.95. The maximum absolute atomic E-state index is 13.1. The molecule has 2 heterocycles. The van der Waals surface area contributed by atoms with Crippen molar-refractivity contribution in [1.29, 1.82) is 0 Å². The van der Waals surface area contributed by atoms with E-state index in [1.807, 2.05) is 24.3 Å². The second-order valence-corrected chi connectivity index (χ2v) is 8.47.